The monoisotopic (exact) mass is 301 g/mol. The van der Waals surface area contributed by atoms with Crippen LogP contribution < -0.4 is 5.32 Å². The minimum atomic E-state index is -0.881. The average Bonchev–Trinajstić information content (AvgIpc) is 3.01. The zero-order chi connectivity index (χ0) is 13.4. The van der Waals surface area contributed by atoms with Gasteiger partial charge in [-0.1, -0.05) is 5.16 Å². The van der Waals surface area contributed by atoms with E-state index >= 15 is 0 Å². The van der Waals surface area contributed by atoms with Gasteiger partial charge in [-0.3, -0.25) is 0 Å². The SMILES string of the molecule is Cc1cc(-c2noc([C@H]3C[C@H](F)CN3)n2)ccc1F.Cl. The fourth-order valence-corrected chi connectivity index (χ4v) is 2.16. The van der Waals surface area contributed by atoms with Crippen molar-refractivity contribution < 1.29 is 13.3 Å². The topological polar surface area (TPSA) is 51.0 Å². The molecule has 3 rings (SSSR count). The van der Waals surface area contributed by atoms with Gasteiger partial charge in [-0.2, -0.15) is 4.98 Å². The Morgan fingerprint density at radius 2 is 2.20 bits per heavy atom. The molecule has 0 aliphatic carbocycles. The summed E-state index contributed by atoms with van der Waals surface area (Å²) in [5.74, 6) is 0.490. The van der Waals surface area contributed by atoms with E-state index in [2.05, 4.69) is 15.5 Å². The molecule has 1 saturated heterocycles. The van der Waals surface area contributed by atoms with Crippen molar-refractivity contribution in [3.8, 4) is 11.4 Å². The minimum absolute atomic E-state index is 0. The van der Waals surface area contributed by atoms with Gasteiger partial charge in [-0.25, -0.2) is 8.78 Å². The Morgan fingerprint density at radius 1 is 1.40 bits per heavy atom. The van der Waals surface area contributed by atoms with Gasteiger partial charge in [0.1, 0.15) is 12.0 Å². The van der Waals surface area contributed by atoms with E-state index in [1.54, 1.807) is 19.1 Å². The summed E-state index contributed by atoms with van der Waals surface area (Å²) in [4.78, 5) is 4.24. The van der Waals surface area contributed by atoms with E-state index in [4.69, 9.17) is 4.52 Å². The van der Waals surface area contributed by atoms with Crippen LogP contribution in [0, 0.1) is 12.7 Å². The van der Waals surface area contributed by atoms with Crippen molar-refractivity contribution in [1.82, 2.24) is 15.5 Å². The zero-order valence-corrected chi connectivity index (χ0v) is 11.6. The van der Waals surface area contributed by atoms with Crippen molar-refractivity contribution in [2.45, 2.75) is 25.6 Å². The lowest BCUT2D eigenvalue weighted by molar-refractivity contribution is 0.324. The summed E-state index contributed by atoms with van der Waals surface area (Å²) in [6.45, 7) is 1.98. The van der Waals surface area contributed by atoms with E-state index in [1.165, 1.54) is 6.07 Å². The highest BCUT2D eigenvalue weighted by molar-refractivity contribution is 5.85. The molecule has 1 fully saturated rings. The van der Waals surface area contributed by atoms with Gasteiger partial charge < -0.3 is 9.84 Å². The quantitative estimate of drug-likeness (QED) is 0.926. The Kier molecular flexibility index (Phi) is 4.35. The van der Waals surface area contributed by atoms with Crippen molar-refractivity contribution in [3.63, 3.8) is 0 Å². The molecule has 2 heterocycles. The van der Waals surface area contributed by atoms with E-state index in [-0.39, 0.29) is 24.3 Å². The van der Waals surface area contributed by atoms with Crippen molar-refractivity contribution >= 4 is 12.4 Å². The number of nitrogens with one attached hydrogen (secondary N) is 1. The largest absolute Gasteiger partial charge is 0.337 e. The van der Waals surface area contributed by atoms with Crippen LogP contribution >= 0.6 is 12.4 Å². The van der Waals surface area contributed by atoms with E-state index in [1.807, 2.05) is 0 Å². The number of benzene rings is 1. The number of hydrogen-bond donors (Lipinski definition) is 1. The second-order valence-electron chi connectivity index (χ2n) is 4.71. The first kappa shape index (κ1) is 14.9. The van der Waals surface area contributed by atoms with E-state index in [9.17, 15) is 8.78 Å². The summed E-state index contributed by atoms with van der Waals surface area (Å²) < 4.78 is 31.4. The van der Waals surface area contributed by atoms with E-state index in [0.29, 0.717) is 35.8 Å². The number of alkyl halides is 1. The van der Waals surface area contributed by atoms with Crippen LogP contribution in [0.25, 0.3) is 11.4 Å². The molecule has 0 bridgehead atoms. The Bertz CT molecular complexity index is 605. The molecule has 108 valence electrons. The fraction of sp³-hybridized carbons (Fsp3) is 0.385. The van der Waals surface area contributed by atoms with Gasteiger partial charge >= 0.3 is 0 Å². The van der Waals surface area contributed by atoms with Gasteiger partial charge in [0.25, 0.3) is 0 Å². The molecule has 1 aromatic carbocycles. The predicted octanol–water partition coefficient (Wildman–Crippen LogP) is 2.98. The number of nitrogens with zero attached hydrogens (tertiary/aromatic N) is 2. The number of aromatic nitrogens is 2. The van der Waals surface area contributed by atoms with Crippen molar-refractivity contribution in [2.75, 3.05) is 6.54 Å². The van der Waals surface area contributed by atoms with Crippen LogP contribution in [0.3, 0.4) is 0 Å². The maximum atomic E-state index is 13.2. The summed E-state index contributed by atoms with van der Waals surface area (Å²) >= 11 is 0. The van der Waals surface area contributed by atoms with Gasteiger partial charge in [-0.15, -0.1) is 12.4 Å². The van der Waals surface area contributed by atoms with Crippen LogP contribution in [0.5, 0.6) is 0 Å². The van der Waals surface area contributed by atoms with Gasteiger partial charge in [-0.05, 0) is 30.7 Å². The molecule has 0 unspecified atom stereocenters. The minimum Gasteiger partial charge on any atom is -0.337 e. The lowest BCUT2D eigenvalue weighted by atomic mass is 10.1. The zero-order valence-electron chi connectivity index (χ0n) is 10.8. The molecule has 20 heavy (non-hydrogen) atoms. The molecular formula is C13H14ClF2N3O. The second kappa shape index (κ2) is 5.85. The molecular weight excluding hydrogens is 288 g/mol. The highest BCUT2D eigenvalue weighted by Crippen LogP contribution is 2.26. The summed E-state index contributed by atoms with van der Waals surface area (Å²) in [7, 11) is 0. The predicted molar refractivity (Wildman–Crippen MR) is 71.9 cm³/mol. The van der Waals surface area contributed by atoms with Crippen LogP contribution in [0.4, 0.5) is 8.78 Å². The molecule has 1 N–H and O–H groups in total. The van der Waals surface area contributed by atoms with E-state index < -0.39 is 6.17 Å². The molecule has 0 amide bonds. The van der Waals surface area contributed by atoms with Crippen LogP contribution in [-0.4, -0.2) is 22.9 Å². The first-order valence-corrected chi connectivity index (χ1v) is 6.11. The van der Waals surface area contributed by atoms with Crippen LogP contribution in [0.1, 0.15) is 23.9 Å². The molecule has 0 radical (unpaired) electrons. The van der Waals surface area contributed by atoms with E-state index in [0.717, 1.165) is 0 Å². The molecule has 2 aromatic rings. The lowest BCUT2D eigenvalue weighted by Gasteiger charge is -2.01. The number of rotatable bonds is 2. The first-order valence-electron chi connectivity index (χ1n) is 6.11. The molecule has 0 spiro atoms. The van der Waals surface area contributed by atoms with Crippen LogP contribution in [0.2, 0.25) is 0 Å². The summed E-state index contributed by atoms with van der Waals surface area (Å²) in [5.41, 5.74) is 1.20. The van der Waals surface area contributed by atoms with Crippen molar-refractivity contribution in [2.24, 2.45) is 0 Å². The van der Waals surface area contributed by atoms with Gasteiger partial charge in [0.15, 0.2) is 0 Å². The van der Waals surface area contributed by atoms with Crippen molar-refractivity contribution in [3.05, 3.63) is 35.5 Å². The molecule has 2 atom stereocenters. The van der Waals surface area contributed by atoms with Gasteiger partial charge in [0.2, 0.25) is 11.7 Å². The third-order valence-corrected chi connectivity index (χ3v) is 3.23. The second-order valence-corrected chi connectivity index (χ2v) is 4.71. The Labute approximate surface area is 121 Å². The first-order chi connectivity index (χ1) is 9.13. The molecule has 0 saturated carbocycles. The Balaban J connectivity index is 0.00000147. The fourth-order valence-electron chi connectivity index (χ4n) is 2.16. The third kappa shape index (κ3) is 2.81. The normalized spacial score (nSPS) is 21.8. The summed E-state index contributed by atoms with van der Waals surface area (Å²) in [5, 5.41) is 6.83. The lowest BCUT2D eigenvalue weighted by Crippen LogP contribution is -2.14. The smallest absolute Gasteiger partial charge is 0.244 e. The number of halogens is 3. The molecule has 7 heteroatoms. The maximum Gasteiger partial charge on any atom is 0.244 e. The summed E-state index contributed by atoms with van der Waals surface area (Å²) in [6, 6.07) is 4.38. The van der Waals surface area contributed by atoms with Crippen molar-refractivity contribution in [1.29, 1.82) is 0 Å². The Morgan fingerprint density at radius 3 is 2.85 bits per heavy atom. The highest BCUT2D eigenvalue weighted by atomic mass is 35.5. The van der Waals surface area contributed by atoms with Crippen LogP contribution in [-0.2, 0) is 0 Å². The average molecular weight is 302 g/mol. The van der Waals surface area contributed by atoms with Crippen LogP contribution in [0.15, 0.2) is 22.7 Å². The highest BCUT2D eigenvalue weighted by Gasteiger charge is 2.29. The van der Waals surface area contributed by atoms with Gasteiger partial charge in [0.05, 0.1) is 6.04 Å². The Hall–Kier alpha value is -1.53. The van der Waals surface area contributed by atoms with Gasteiger partial charge in [0, 0.05) is 18.5 Å². The number of hydrogen-bond acceptors (Lipinski definition) is 4. The third-order valence-electron chi connectivity index (χ3n) is 3.23. The molecule has 4 nitrogen and oxygen atoms in total. The maximum absolute atomic E-state index is 13.2. The molecule has 1 aliphatic heterocycles. The standard InChI is InChI=1S/C13H13F2N3O.ClH/c1-7-4-8(2-3-10(7)15)12-17-13(19-18-12)11-5-9(14)6-16-11;/h2-4,9,11,16H,5-6H2,1H3;1H/t9-,11+;/m0./s1. The molecule has 1 aromatic heterocycles. The molecule has 1 aliphatic rings. The summed E-state index contributed by atoms with van der Waals surface area (Å²) in [6.07, 6.45) is -0.544. The number of aryl methyl sites for hydroxylation is 1.